The Balaban J connectivity index is 1.36. The molecule has 188 valence electrons. The average Bonchev–Trinajstić information content (AvgIpc) is 3.38. The van der Waals surface area contributed by atoms with Crippen LogP contribution in [0, 0.1) is 11.6 Å². The SMILES string of the molecule is O=S(=O)(Nc1nc2ccccc2nc1NCc1ccc(F)cc1)c1ccc(NCc2ccc(F)cc2)s1. The van der Waals surface area contributed by atoms with Crippen molar-refractivity contribution in [3.05, 3.63) is 108 Å². The summed E-state index contributed by atoms with van der Waals surface area (Å²) >= 11 is 1.06. The maximum Gasteiger partial charge on any atom is 0.272 e. The lowest BCUT2D eigenvalue weighted by Crippen LogP contribution is -2.15. The zero-order chi connectivity index (χ0) is 25.8. The molecule has 5 rings (SSSR count). The van der Waals surface area contributed by atoms with Crippen LogP contribution in [0.15, 0.2) is 89.1 Å². The molecular weight excluding hydrogens is 516 g/mol. The van der Waals surface area contributed by atoms with E-state index in [1.54, 1.807) is 48.5 Å². The number of fused-ring (bicyclic) bond motifs is 1. The van der Waals surface area contributed by atoms with E-state index in [0.29, 0.717) is 29.1 Å². The number of hydrogen-bond donors (Lipinski definition) is 3. The van der Waals surface area contributed by atoms with Crippen LogP contribution in [0.25, 0.3) is 11.0 Å². The summed E-state index contributed by atoms with van der Waals surface area (Å²) in [5.74, 6) is -0.361. The van der Waals surface area contributed by atoms with Gasteiger partial charge in [0.1, 0.15) is 15.8 Å². The van der Waals surface area contributed by atoms with Crippen LogP contribution in [0.4, 0.5) is 25.4 Å². The second kappa shape index (κ2) is 10.5. The molecule has 5 aromatic rings. The first-order chi connectivity index (χ1) is 17.9. The highest BCUT2D eigenvalue weighted by molar-refractivity contribution is 7.94. The van der Waals surface area contributed by atoms with Gasteiger partial charge in [0, 0.05) is 13.1 Å². The molecule has 0 aliphatic heterocycles. The van der Waals surface area contributed by atoms with Crippen LogP contribution in [0.5, 0.6) is 0 Å². The van der Waals surface area contributed by atoms with E-state index in [1.165, 1.54) is 30.3 Å². The van der Waals surface area contributed by atoms with E-state index >= 15 is 0 Å². The van der Waals surface area contributed by atoms with Gasteiger partial charge in [0.2, 0.25) is 0 Å². The standard InChI is InChI=1S/C26H21F2N5O2S2/c27-19-9-5-17(6-10-19)15-29-23-13-14-24(36-23)37(34,35)33-26-25(30-16-18-7-11-20(28)12-8-18)31-21-3-1-2-4-22(21)32-26/h1-14,29H,15-16H2,(H,30,31)(H,32,33). The van der Waals surface area contributed by atoms with Crippen LogP contribution >= 0.6 is 11.3 Å². The van der Waals surface area contributed by atoms with Crippen molar-refractivity contribution in [3.8, 4) is 0 Å². The quantitative estimate of drug-likeness (QED) is 0.214. The van der Waals surface area contributed by atoms with Crippen LogP contribution in [0.3, 0.4) is 0 Å². The summed E-state index contributed by atoms with van der Waals surface area (Å²) in [6.45, 7) is 0.708. The second-order valence-corrected chi connectivity index (χ2v) is 11.1. The first-order valence-electron chi connectivity index (χ1n) is 11.2. The average molecular weight is 538 g/mol. The van der Waals surface area contributed by atoms with Gasteiger partial charge in [-0.3, -0.25) is 4.72 Å². The van der Waals surface area contributed by atoms with Crippen molar-refractivity contribution in [1.29, 1.82) is 0 Å². The molecule has 0 unspecified atom stereocenters. The Morgan fingerprint density at radius 3 is 1.81 bits per heavy atom. The summed E-state index contributed by atoms with van der Waals surface area (Å²) in [5, 5.41) is 6.90. The number of nitrogens with zero attached hydrogens (tertiary/aromatic N) is 2. The lowest BCUT2D eigenvalue weighted by molar-refractivity contribution is 0.603. The summed E-state index contributed by atoms with van der Waals surface area (Å²) in [7, 11) is -3.97. The molecule has 2 aromatic heterocycles. The van der Waals surface area contributed by atoms with Gasteiger partial charge in [-0.25, -0.2) is 27.2 Å². The Morgan fingerprint density at radius 1 is 0.676 bits per heavy atom. The summed E-state index contributed by atoms with van der Waals surface area (Å²) in [6, 6.07) is 22.3. The number of hydrogen-bond acceptors (Lipinski definition) is 7. The minimum Gasteiger partial charge on any atom is -0.373 e. The third-order valence-electron chi connectivity index (χ3n) is 5.40. The molecule has 0 aliphatic rings. The predicted molar refractivity (Wildman–Crippen MR) is 142 cm³/mol. The van der Waals surface area contributed by atoms with Gasteiger partial charge in [-0.05, 0) is 59.7 Å². The molecule has 3 N–H and O–H groups in total. The number of benzene rings is 3. The van der Waals surface area contributed by atoms with Crippen molar-refractivity contribution in [3.63, 3.8) is 0 Å². The third-order valence-corrected chi connectivity index (χ3v) is 8.27. The van der Waals surface area contributed by atoms with Gasteiger partial charge in [0.15, 0.2) is 11.6 Å². The molecule has 0 aliphatic carbocycles. The van der Waals surface area contributed by atoms with Crippen molar-refractivity contribution in [1.82, 2.24) is 9.97 Å². The number of sulfonamides is 1. The molecule has 2 heterocycles. The highest BCUT2D eigenvalue weighted by Gasteiger charge is 2.21. The van der Waals surface area contributed by atoms with E-state index < -0.39 is 10.0 Å². The largest absolute Gasteiger partial charge is 0.373 e. The monoisotopic (exact) mass is 537 g/mol. The maximum atomic E-state index is 13.2. The Hall–Kier alpha value is -4.09. The number of halogens is 2. The normalized spacial score (nSPS) is 11.4. The van der Waals surface area contributed by atoms with E-state index in [4.69, 9.17) is 0 Å². The topological polar surface area (TPSA) is 96.0 Å². The molecule has 0 amide bonds. The highest BCUT2D eigenvalue weighted by Crippen LogP contribution is 2.30. The van der Waals surface area contributed by atoms with Gasteiger partial charge in [-0.1, -0.05) is 36.4 Å². The second-order valence-electron chi connectivity index (χ2n) is 8.09. The fourth-order valence-corrected chi connectivity index (χ4v) is 5.72. The number of rotatable bonds is 9. The van der Waals surface area contributed by atoms with Crippen molar-refractivity contribution in [2.75, 3.05) is 15.4 Å². The van der Waals surface area contributed by atoms with Gasteiger partial charge in [0.05, 0.1) is 16.0 Å². The van der Waals surface area contributed by atoms with Crippen LogP contribution in [-0.2, 0) is 23.1 Å². The number of aromatic nitrogens is 2. The van der Waals surface area contributed by atoms with Crippen LogP contribution < -0.4 is 15.4 Å². The van der Waals surface area contributed by atoms with E-state index in [1.807, 2.05) is 6.07 Å². The fraction of sp³-hybridized carbons (Fsp3) is 0.0769. The van der Waals surface area contributed by atoms with Crippen LogP contribution in [-0.4, -0.2) is 18.4 Å². The molecule has 0 atom stereocenters. The number of thiophene rings is 1. The molecule has 3 aromatic carbocycles. The van der Waals surface area contributed by atoms with Crippen molar-refractivity contribution in [2.24, 2.45) is 0 Å². The highest BCUT2D eigenvalue weighted by atomic mass is 32.2. The summed E-state index contributed by atoms with van der Waals surface area (Å²) in [6.07, 6.45) is 0. The number of nitrogens with one attached hydrogen (secondary N) is 3. The summed E-state index contributed by atoms with van der Waals surface area (Å²) < 4.78 is 55.4. The van der Waals surface area contributed by atoms with E-state index in [0.717, 1.165) is 22.5 Å². The predicted octanol–water partition coefficient (Wildman–Crippen LogP) is 5.99. The van der Waals surface area contributed by atoms with Gasteiger partial charge >= 0.3 is 0 Å². The Bertz CT molecular complexity index is 1640. The molecule has 11 heteroatoms. The molecule has 0 bridgehead atoms. The zero-order valence-electron chi connectivity index (χ0n) is 19.3. The lowest BCUT2D eigenvalue weighted by atomic mass is 10.2. The first kappa shape index (κ1) is 24.6. The summed E-state index contributed by atoms with van der Waals surface area (Å²) in [5.41, 5.74) is 2.77. The smallest absolute Gasteiger partial charge is 0.272 e. The van der Waals surface area contributed by atoms with Crippen molar-refractivity contribution in [2.45, 2.75) is 17.3 Å². The van der Waals surface area contributed by atoms with Crippen molar-refractivity contribution < 1.29 is 17.2 Å². The number of anilines is 3. The lowest BCUT2D eigenvalue weighted by Gasteiger charge is -2.13. The molecule has 0 fully saturated rings. The van der Waals surface area contributed by atoms with Gasteiger partial charge in [-0.15, -0.1) is 11.3 Å². The van der Waals surface area contributed by atoms with Gasteiger partial charge < -0.3 is 10.6 Å². The Labute approximate surface area is 216 Å². The van der Waals surface area contributed by atoms with E-state index in [9.17, 15) is 17.2 Å². The Kier molecular flexibility index (Phi) is 6.97. The Morgan fingerprint density at radius 2 is 1.22 bits per heavy atom. The van der Waals surface area contributed by atoms with Gasteiger partial charge in [0.25, 0.3) is 10.0 Å². The maximum absolute atomic E-state index is 13.2. The minimum absolute atomic E-state index is 0.0510. The third kappa shape index (κ3) is 6.01. The minimum atomic E-state index is -3.97. The molecular formula is C26H21F2N5O2S2. The summed E-state index contributed by atoms with van der Waals surface area (Å²) in [4.78, 5) is 9.04. The van der Waals surface area contributed by atoms with Crippen LogP contribution in [0.2, 0.25) is 0 Å². The molecule has 37 heavy (non-hydrogen) atoms. The van der Waals surface area contributed by atoms with Crippen LogP contribution in [0.1, 0.15) is 11.1 Å². The number of para-hydroxylation sites is 2. The zero-order valence-corrected chi connectivity index (χ0v) is 20.9. The fourth-order valence-electron chi connectivity index (χ4n) is 3.51. The van der Waals surface area contributed by atoms with Gasteiger partial charge in [-0.2, -0.15) is 0 Å². The molecule has 0 saturated carbocycles. The molecule has 0 spiro atoms. The molecule has 0 radical (unpaired) electrons. The molecule has 7 nitrogen and oxygen atoms in total. The first-order valence-corrected chi connectivity index (χ1v) is 13.5. The van der Waals surface area contributed by atoms with E-state index in [-0.39, 0.29) is 27.5 Å². The molecule has 0 saturated heterocycles. The van der Waals surface area contributed by atoms with E-state index in [2.05, 4.69) is 25.3 Å². The van der Waals surface area contributed by atoms with Crippen molar-refractivity contribution >= 4 is 49.0 Å².